The molecule has 0 saturated carbocycles. The highest BCUT2D eigenvalue weighted by Gasteiger charge is 2.07. The Labute approximate surface area is 113 Å². The molecular formula is C15H21NO3. The molecule has 1 rings (SSSR count). The van der Waals surface area contributed by atoms with Crippen molar-refractivity contribution in [3.63, 3.8) is 0 Å². The summed E-state index contributed by atoms with van der Waals surface area (Å²) in [7, 11) is 0. The third-order valence-corrected chi connectivity index (χ3v) is 2.83. The van der Waals surface area contributed by atoms with Crippen LogP contribution < -0.4 is 10.5 Å². The van der Waals surface area contributed by atoms with Gasteiger partial charge in [0.1, 0.15) is 5.75 Å². The highest BCUT2D eigenvalue weighted by molar-refractivity contribution is 5.93. The number of unbranched alkanes of at least 4 members (excludes halogenated alkanes) is 4. The Morgan fingerprint density at radius 2 is 1.89 bits per heavy atom. The molecule has 0 atom stereocenters. The molecule has 0 heterocycles. The molecule has 4 heteroatoms. The molecule has 0 unspecified atom stereocenters. The SMILES string of the molecule is CCCCCCCC(=O)Oc1cccc(C(N)=O)c1. The maximum atomic E-state index is 11.6. The minimum Gasteiger partial charge on any atom is -0.427 e. The normalized spacial score (nSPS) is 10.2. The fraction of sp³-hybridized carbons (Fsp3) is 0.467. The number of hydrogen-bond acceptors (Lipinski definition) is 3. The number of amides is 1. The fourth-order valence-electron chi connectivity index (χ4n) is 1.77. The first-order chi connectivity index (χ1) is 9.13. The van der Waals surface area contributed by atoms with Gasteiger partial charge in [-0.25, -0.2) is 0 Å². The van der Waals surface area contributed by atoms with Crippen LogP contribution >= 0.6 is 0 Å². The lowest BCUT2D eigenvalue weighted by atomic mass is 10.1. The van der Waals surface area contributed by atoms with Crippen molar-refractivity contribution in [3.05, 3.63) is 29.8 Å². The summed E-state index contributed by atoms with van der Waals surface area (Å²) < 4.78 is 5.17. The quantitative estimate of drug-likeness (QED) is 0.445. The minimum absolute atomic E-state index is 0.266. The van der Waals surface area contributed by atoms with Gasteiger partial charge in [0.05, 0.1) is 0 Å². The largest absolute Gasteiger partial charge is 0.427 e. The monoisotopic (exact) mass is 263 g/mol. The van der Waals surface area contributed by atoms with Crippen molar-refractivity contribution >= 4 is 11.9 Å². The second-order valence-corrected chi connectivity index (χ2v) is 4.53. The van der Waals surface area contributed by atoms with E-state index in [-0.39, 0.29) is 5.97 Å². The van der Waals surface area contributed by atoms with E-state index in [0.29, 0.717) is 17.7 Å². The first-order valence-corrected chi connectivity index (χ1v) is 6.74. The zero-order valence-electron chi connectivity index (χ0n) is 11.4. The van der Waals surface area contributed by atoms with Crippen LogP contribution in [0.25, 0.3) is 0 Å². The van der Waals surface area contributed by atoms with E-state index in [1.165, 1.54) is 18.9 Å². The summed E-state index contributed by atoms with van der Waals surface area (Å²) in [5.74, 6) is -0.426. The molecule has 0 spiro atoms. The van der Waals surface area contributed by atoms with Gasteiger partial charge in [0, 0.05) is 12.0 Å². The molecule has 0 bridgehead atoms. The van der Waals surface area contributed by atoms with Gasteiger partial charge in [0.15, 0.2) is 0 Å². The highest BCUT2D eigenvalue weighted by atomic mass is 16.5. The predicted octanol–water partition coefficient (Wildman–Crippen LogP) is 3.05. The topological polar surface area (TPSA) is 69.4 Å². The Hall–Kier alpha value is -1.84. The zero-order valence-corrected chi connectivity index (χ0v) is 11.4. The summed E-state index contributed by atoms with van der Waals surface area (Å²) in [5.41, 5.74) is 5.50. The summed E-state index contributed by atoms with van der Waals surface area (Å²) >= 11 is 0. The van der Waals surface area contributed by atoms with Crippen molar-refractivity contribution in [1.29, 1.82) is 0 Å². The van der Waals surface area contributed by atoms with E-state index >= 15 is 0 Å². The molecule has 0 aliphatic heterocycles. The third kappa shape index (κ3) is 6.04. The Balaban J connectivity index is 2.35. The number of esters is 1. The molecule has 104 valence electrons. The van der Waals surface area contributed by atoms with E-state index in [2.05, 4.69) is 6.92 Å². The van der Waals surface area contributed by atoms with Crippen molar-refractivity contribution < 1.29 is 14.3 Å². The summed E-state index contributed by atoms with van der Waals surface area (Å²) in [6.07, 6.45) is 5.84. The van der Waals surface area contributed by atoms with Gasteiger partial charge in [-0.3, -0.25) is 9.59 Å². The van der Waals surface area contributed by atoms with E-state index in [9.17, 15) is 9.59 Å². The van der Waals surface area contributed by atoms with E-state index in [4.69, 9.17) is 10.5 Å². The number of rotatable bonds is 8. The number of nitrogens with two attached hydrogens (primary N) is 1. The molecule has 0 aliphatic rings. The average Bonchev–Trinajstić information content (AvgIpc) is 2.38. The molecule has 1 aromatic rings. The van der Waals surface area contributed by atoms with E-state index in [1.807, 2.05) is 0 Å². The lowest BCUT2D eigenvalue weighted by Gasteiger charge is -2.05. The summed E-state index contributed by atoms with van der Waals surface area (Å²) in [6, 6.07) is 6.35. The predicted molar refractivity (Wildman–Crippen MR) is 74.0 cm³/mol. The van der Waals surface area contributed by atoms with Crippen LogP contribution in [-0.2, 0) is 4.79 Å². The van der Waals surface area contributed by atoms with Crippen molar-refractivity contribution in [3.8, 4) is 5.75 Å². The minimum atomic E-state index is -0.530. The fourth-order valence-corrected chi connectivity index (χ4v) is 1.77. The van der Waals surface area contributed by atoms with E-state index in [1.54, 1.807) is 18.2 Å². The van der Waals surface area contributed by atoms with Gasteiger partial charge in [-0.05, 0) is 24.6 Å². The molecule has 4 nitrogen and oxygen atoms in total. The molecule has 0 fully saturated rings. The zero-order chi connectivity index (χ0) is 14.1. The summed E-state index contributed by atoms with van der Waals surface area (Å²) in [5, 5.41) is 0. The van der Waals surface area contributed by atoms with Gasteiger partial charge in [-0.15, -0.1) is 0 Å². The number of benzene rings is 1. The number of primary amides is 1. The molecule has 1 aromatic carbocycles. The number of hydrogen-bond donors (Lipinski definition) is 1. The molecule has 19 heavy (non-hydrogen) atoms. The van der Waals surface area contributed by atoms with Crippen LogP contribution in [0.2, 0.25) is 0 Å². The molecular weight excluding hydrogens is 242 g/mol. The van der Waals surface area contributed by atoms with Gasteiger partial charge >= 0.3 is 5.97 Å². The van der Waals surface area contributed by atoms with Crippen molar-refractivity contribution in [1.82, 2.24) is 0 Å². The van der Waals surface area contributed by atoms with Crippen LogP contribution in [-0.4, -0.2) is 11.9 Å². The molecule has 0 radical (unpaired) electrons. The Kier molecular flexibility index (Phi) is 6.64. The number of ether oxygens (including phenoxy) is 1. The summed E-state index contributed by atoms with van der Waals surface area (Å²) in [6.45, 7) is 2.15. The van der Waals surface area contributed by atoms with E-state index < -0.39 is 5.91 Å². The number of carbonyl (C=O) groups is 2. The van der Waals surface area contributed by atoms with Gasteiger partial charge < -0.3 is 10.5 Å². The Morgan fingerprint density at radius 1 is 1.16 bits per heavy atom. The van der Waals surface area contributed by atoms with Crippen LogP contribution in [0.15, 0.2) is 24.3 Å². The van der Waals surface area contributed by atoms with Crippen LogP contribution in [0.4, 0.5) is 0 Å². The molecule has 0 saturated heterocycles. The molecule has 0 aromatic heterocycles. The standard InChI is InChI=1S/C15H21NO3/c1-2-3-4-5-6-10-14(17)19-13-9-7-8-12(11-13)15(16)18/h7-9,11H,2-6,10H2,1H3,(H2,16,18). The molecule has 2 N–H and O–H groups in total. The average molecular weight is 263 g/mol. The van der Waals surface area contributed by atoms with Crippen LogP contribution in [0.3, 0.4) is 0 Å². The second kappa shape index (κ2) is 8.29. The van der Waals surface area contributed by atoms with Crippen LogP contribution in [0, 0.1) is 0 Å². The van der Waals surface area contributed by atoms with Crippen molar-refractivity contribution in [2.75, 3.05) is 0 Å². The molecule has 0 aliphatic carbocycles. The summed E-state index contributed by atoms with van der Waals surface area (Å²) in [4.78, 5) is 22.6. The van der Waals surface area contributed by atoms with Crippen molar-refractivity contribution in [2.45, 2.75) is 45.4 Å². The smallest absolute Gasteiger partial charge is 0.311 e. The van der Waals surface area contributed by atoms with Gasteiger partial charge in [0.2, 0.25) is 5.91 Å². The van der Waals surface area contributed by atoms with Gasteiger partial charge in [-0.1, -0.05) is 38.7 Å². The van der Waals surface area contributed by atoms with Crippen LogP contribution in [0.1, 0.15) is 55.8 Å². The maximum absolute atomic E-state index is 11.6. The number of carbonyl (C=O) groups excluding carboxylic acids is 2. The molecule has 1 amide bonds. The van der Waals surface area contributed by atoms with E-state index in [0.717, 1.165) is 19.3 Å². The first kappa shape index (κ1) is 15.2. The highest BCUT2D eigenvalue weighted by Crippen LogP contribution is 2.14. The lowest BCUT2D eigenvalue weighted by molar-refractivity contribution is -0.134. The van der Waals surface area contributed by atoms with Crippen LogP contribution in [0.5, 0.6) is 5.75 Å². The Bertz CT molecular complexity index is 429. The second-order valence-electron chi connectivity index (χ2n) is 4.53. The Morgan fingerprint density at radius 3 is 2.58 bits per heavy atom. The lowest BCUT2D eigenvalue weighted by Crippen LogP contribution is -2.12. The van der Waals surface area contributed by atoms with Gasteiger partial charge in [0.25, 0.3) is 0 Å². The third-order valence-electron chi connectivity index (χ3n) is 2.83. The first-order valence-electron chi connectivity index (χ1n) is 6.74. The van der Waals surface area contributed by atoms with Crippen molar-refractivity contribution in [2.24, 2.45) is 5.73 Å². The van der Waals surface area contributed by atoms with Gasteiger partial charge in [-0.2, -0.15) is 0 Å². The maximum Gasteiger partial charge on any atom is 0.311 e.